The first kappa shape index (κ1) is 18.8. The molecule has 6 heteroatoms. The molecule has 0 bridgehead atoms. The first-order valence-electron chi connectivity index (χ1n) is 9.49. The predicted octanol–water partition coefficient (Wildman–Crippen LogP) is 3.37. The summed E-state index contributed by atoms with van der Waals surface area (Å²) in [6.07, 6.45) is 2.94. The van der Waals surface area contributed by atoms with Crippen LogP contribution in [0.4, 0.5) is 5.69 Å². The maximum absolute atomic E-state index is 12.3. The summed E-state index contributed by atoms with van der Waals surface area (Å²) in [4.78, 5) is 19.4. The molecule has 148 valence electrons. The summed E-state index contributed by atoms with van der Waals surface area (Å²) in [5.41, 5.74) is 4.56. The maximum atomic E-state index is 12.3. The van der Waals surface area contributed by atoms with Crippen LogP contribution in [-0.4, -0.2) is 44.9 Å². The molecule has 1 atom stereocenters. The molecule has 1 amide bonds. The van der Waals surface area contributed by atoms with Crippen LogP contribution in [0.2, 0.25) is 0 Å². The van der Waals surface area contributed by atoms with Crippen molar-refractivity contribution in [3.05, 3.63) is 83.8 Å². The number of carbonyl (C=O) groups excluding carboxylic acids is 1. The fourth-order valence-corrected chi connectivity index (χ4v) is 3.49. The van der Waals surface area contributed by atoms with E-state index in [-0.39, 0.29) is 11.9 Å². The molecule has 1 N–H and O–H groups in total. The Balaban J connectivity index is 1.65. The smallest absolute Gasteiger partial charge is 0.254 e. The summed E-state index contributed by atoms with van der Waals surface area (Å²) in [7, 11) is 3.69. The Bertz CT molecular complexity index is 1010. The Morgan fingerprint density at radius 1 is 1.24 bits per heavy atom. The zero-order valence-corrected chi connectivity index (χ0v) is 16.5. The van der Waals surface area contributed by atoms with Crippen molar-refractivity contribution in [1.29, 1.82) is 0 Å². The van der Waals surface area contributed by atoms with Crippen LogP contribution >= 0.6 is 0 Å². The van der Waals surface area contributed by atoms with Gasteiger partial charge in [0.2, 0.25) is 0 Å². The number of benzene rings is 2. The number of amides is 1. The minimum absolute atomic E-state index is 0.0132. The van der Waals surface area contributed by atoms with E-state index in [0.29, 0.717) is 18.7 Å². The Labute approximate surface area is 169 Å². The van der Waals surface area contributed by atoms with Gasteiger partial charge in [0.1, 0.15) is 12.0 Å². The van der Waals surface area contributed by atoms with Crippen LogP contribution in [0, 0.1) is 0 Å². The molecule has 1 aliphatic heterocycles. The molecule has 2 heterocycles. The number of ether oxygens (including phenoxy) is 1. The van der Waals surface area contributed by atoms with Gasteiger partial charge >= 0.3 is 0 Å². The second-order valence-corrected chi connectivity index (χ2v) is 6.93. The predicted molar refractivity (Wildman–Crippen MR) is 113 cm³/mol. The molecule has 4 rings (SSSR count). The Morgan fingerprint density at radius 2 is 2.07 bits per heavy atom. The monoisotopic (exact) mass is 389 g/mol. The van der Waals surface area contributed by atoms with Crippen LogP contribution in [0.5, 0.6) is 5.75 Å². The highest BCUT2D eigenvalue weighted by Gasteiger charge is 2.25. The lowest BCUT2D eigenvalue weighted by molar-refractivity contribution is 0.0951. The number of carbonyl (C=O) groups is 1. The molecule has 0 saturated carbocycles. The van der Waals surface area contributed by atoms with Gasteiger partial charge in [-0.1, -0.05) is 30.3 Å². The van der Waals surface area contributed by atoms with Gasteiger partial charge < -0.3 is 19.4 Å². The van der Waals surface area contributed by atoms with E-state index in [9.17, 15) is 4.79 Å². The van der Waals surface area contributed by atoms with Crippen LogP contribution < -0.4 is 15.0 Å². The molecule has 1 unspecified atom stereocenters. The summed E-state index contributed by atoms with van der Waals surface area (Å²) >= 11 is 0. The van der Waals surface area contributed by atoms with Gasteiger partial charge in [-0.15, -0.1) is 0 Å². The van der Waals surface area contributed by atoms with Gasteiger partial charge in [0.25, 0.3) is 5.91 Å². The normalized spacial score (nSPS) is 15.9. The number of nitrogens with one attached hydrogen (secondary N) is 1. The van der Waals surface area contributed by atoms with Crippen molar-refractivity contribution in [3.8, 4) is 5.75 Å². The first-order valence-corrected chi connectivity index (χ1v) is 9.49. The first-order chi connectivity index (χ1) is 14.2. The molecule has 29 heavy (non-hydrogen) atoms. The van der Waals surface area contributed by atoms with Crippen LogP contribution in [0.3, 0.4) is 0 Å². The SMILES string of the molecule is COc1ccc2c(c1)C(c1ccccc1)=NCC(CNC(=O)c1ccoc1)N2C. The van der Waals surface area contributed by atoms with Gasteiger partial charge in [-0.25, -0.2) is 0 Å². The number of anilines is 1. The van der Waals surface area contributed by atoms with Crippen molar-refractivity contribution in [3.63, 3.8) is 0 Å². The number of furan rings is 1. The fourth-order valence-electron chi connectivity index (χ4n) is 3.49. The van der Waals surface area contributed by atoms with Gasteiger partial charge in [0.15, 0.2) is 0 Å². The molecule has 1 aromatic heterocycles. The number of hydrogen-bond acceptors (Lipinski definition) is 5. The summed E-state index contributed by atoms with van der Waals surface area (Å²) in [6, 6.07) is 17.8. The van der Waals surface area contributed by atoms with Gasteiger partial charge in [-0.2, -0.15) is 0 Å². The summed E-state index contributed by atoms with van der Waals surface area (Å²) in [5, 5.41) is 2.99. The molecule has 2 aromatic carbocycles. The number of nitrogens with zero attached hydrogens (tertiary/aromatic N) is 2. The number of fused-ring (bicyclic) bond motifs is 1. The van der Waals surface area contributed by atoms with Crippen LogP contribution in [0.25, 0.3) is 0 Å². The Kier molecular flexibility index (Phi) is 5.33. The summed E-state index contributed by atoms with van der Waals surface area (Å²) in [5.74, 6) is 0.631. The highest BCUT2D eigenvalue weighted by Crippen LogP contribution is 2.31. The highest BCUT2D eigenvalue weighted by atomic mass is 16.5. The van der Waals surface area contributed by atoms with E-state index in [1.54, 1.807) is 13.2 Å². The van der Waals surface area contributed by atoms with Crippen LogP contribution in [-0.2, 0) is 0 Å². The minimum atomic E-state index is -0.154. The van der Waals surface area contributed by atoms with Gasteiger partial charge in [0.05, 0.1) is 37.2 Å². The van der Waals surface area contributed by atoms with E-state index in [0.717, 1.165) is 28.3 Å². The number of likely N-dealkylation sites (N-methyl/N-ethyl adjacent to an activating group) is 1. The molecular weight excluding hydrogens is 366 g/mol. The average Bonchev–Trinajstić information content (AvgIpc) is 3.26. The van der Waals surface area contributed by atoms with Gasteiger partial charge in [0, 0.05) is 30.4 Å². The van der Waals surface area contributed by atoms with E-state index in [4.69, 9.17) is 14.1 Å². The zero-order valence-electron chi connectivity index (χ0n) is 16.5. The lowest BCUT2D eigenvalue weighted by atomic mass is 10.00. The third kappa shape index (κ3) is 3.87. The lowest BCUT2D eigenvalue weighted by Gasteiger charge is -2.29. The van der Waals surface area contributed by atoms with Crippen molar-refractivity contribution in [1.82, 2.24) is 5.32 Å². The molecule has 1 aliphatic rings. The second-order valence-electron chi connectivity index (χ2n) is 6.93. The number of benzodiazepines with no additional fused rings is 1. The number of hydrogen-bond donors (Lipinski definition) is 1. The third-order valence-electron chi connectivity index (χ3n) is 5.18. The second kappa shape index (κ2) is 8.22. The maximum Gasteiger partial charge on any atom is 0.254 e. The summed E-state index contributed by atoms with van der Waals surface area (Å²) < 4.78 is 10.4. The molecular formula is C23H23N3O3. The number of rotatable bonds is 5. The number of methoxy groups -OCH3 is 1. The van der Waals surface area contributed by atoms with E-state index in [1.807, 2.05) is 43.4 Å². The molecule has 0 fully saturated rings. The van der Waals surface area contributed by atoms with E-state index in [2.05, 4.69) is 22.3 Å². The zero-order chi connectivity index (χ0) is 20.2. The fraction of sp³-hybridized carbons (Fsp3) is 0.217. The third-order valence-corrected chi connectivity index (χ3v) is 5.18. The van der Waals surface area contributed by atoms with Crippen molar-refractivity contribution in [2.45, 2.75) is 6.04 Å². The molecule has 0 radical (unpaired) electrons. The quantitative estimate of drug-likeness (QED) is 0.727. The topological polar surface area (TPSA) is 67.1 Å². The lowest BCUT2D eigenvalue weighted by Crippen LogP contribution is -2.43. The number of aliphatic imine (C=N–C) groups is 1. The van der Waals surface area contributed by atoms with Crippen molar-refractivity contribution in [2.75, 3.05) is 32.1 Å². The van der Waals surface area contributed by atoms with Gasteiger partial charge in [-0.3, -0.25) is 9.79 Å². The van der Waals surface area contributed by atoms with Crippen LogP contribution in [0.1, 0.15) is 21.5 Å². The van der Waals surface area contributed by atoms with Crippen molar-refractivity contribution < 1.29 is 13.9 Å². The van der Waals surface area contributed by atoms with Crippen LogP contribution in [0.15, 0.2) is 76.5 Å². The Hall–Kier alpha value is -3.54. The highest BCUT2D eigenvalue weighted by molar-refractivity contribution is 6.16. The van der Waals surface area contributed by atoms with Gasteiger partial charge in [-0.05, 0) is 24.3 Å². The Morgan fingerprint density at radius 3 is 2.79 bits per heavy atom. The van der Waals surface area contributed by atoms with E-state index >= 15 is 0 Å². The largest absolute Gasteiger partial charge is 0.497 e. The molecule has 0 spiro atoms. The minimum Gasteiger partial charge on any atom is -0.497 e. The molecule has 6 nitrogen and oxygen atoms in total. The molecule has 0 aliphatic carbocycles. The molecule has 0 saturated heterocycles. The molecule has 3 aromatic rings. The standard InChI is InChI=1S/C23H23N3O3/c1-26-18(14-25-23(27)17-10-11-29-15-17)13-24-22(16-6-4-3-5-7-16)20-12-19(28-2)8-9-21(20)26/h3-12,15,18H,13-14H2,1-2H3,(H,25,27). The van der Waals surface area contributed by atoms with E-state index in [1.165, 1.54) is 12.5 Å². The van der Waals surface area contributed by atoms with E-state index < -0.39 is 0 Å². The van der Waals surface area contributed by atoms with Crippen molar-refractivity contribution >= 4 is 17.3 Å². The average molecular weight is 389 g/mol. The summed E-state index contributed by atoms with van der Waals surface area (Å²) in [6.45, 7) is 1.03. The van der Waals surface area contributed by atoms with Crippen molar-refractivity contribution in [2.24, 2.45) is 4.99 Å².